The largest absolute Gasteiger partial charge is 0.492 e. The second-order valence-electron chi connectivity index (χ2n) is 7.07. The van der Waals surface area contributed by atoms with Crippen molar-refractivity contribution >= 4 is 11.9 Å². The van der Waals surface area contributed by atoms with Crippen molar-refractivity contribution < 1.29 is 19.4 Å². The van der Waals surface area contributed by atoms with E-state index in [-0.39, 0.29) is 18.4 Å². The lowest BCUT2D eigenvalue weighted by molar-refractivity contribution is -0.137. The first kappa shape index (κ1) is 20.2. The zero-order valence-electron chi connectivity index (χ0n) is 15.7. The van der Waals surface area contributed by atoms with E-state index in [1.807, 2.05) is 38.1 Å². The van der Waals surface area contributed by atoms with Crippen LogP contribution in [0.25, 0.3) is 0 Å². The molecule has 6 heteroatoms. The number of benzene rings is 1. The highest BCUT2D eigenvalue weighted by Crippen LogP contribution is 2.22. The number of hydrogen-bond acceptors (Lipinski definition) is 4. The van der Waals surface area contributed by atoms with E-state index in [9.17, 15) is 9.59 Å². The number of rotatable bonds is 9. The molecule has 2 rings (SSSR count). The molecule has 1 heterocycles. The summed E-state index contributed by atoms with van der Waals surface area (Å²) in [4.78, 5) is 25.3. The van der Waals surface area contributed by atoms with E-state index < -0.39 is 5.97 Å². The molecule has 1 aromatic rings. The fraction of sp³-hybridized carbons (Fsp3) is 0.600. The number of amides is 1. The topological polar surface area (TPSA) is 78.9 Å². The number of aryl methyl sites for hydroxylation is 1. The standard InChI is InChI=1S/C20H30N2O4/c1-15-5-3-7-18(13-15)26-12-10-21-20(25)16(2)22-11-4-6-17(14-22)8-9-19(23)24/h3,5,7,13,16-17H,4,6,8-12,14H2,1-2H3,(H,21,25)(H,23,24). The lowest BCUT2D eigenvalue weighted by Gasteiger charge is -2.36. The molecule has 0 bridgehead atoms. The molecule has 1 amide bonds. The molecular formula is C20H30N2O4. The van der Waals surface area contributed by atoms with Crippen LogP contribution in [0.5, 0.6) is 5.75 Å². The third-order valence-corrected chi connectivity index (χ3v) is 4.90. The van der Waals surface area contributed by atoms with Gasteiger partial charge in [0.05, 0.1) is 12.6 Å². The minimum absolute atomic E-state index is 0.00303. The first-order valence-electron chi connectivity index (χ1n) is 9.38. The summed E-state index contributed by atoms with van der Waals surface area (Å²) < 4.78 is 5.65. The quantitative estimate of drug-likeness (QED) is 0.660. The number of nitrogens with zero attached hydrogens (tertiary/aromatic N) is 1. The average Bonchev–Trinajstić information content (AvgIpc) is 2.63. The highest BCUT2D eigenvalue weighted by atomic mass is 16.5. The normalized spacial score (nSPS) is 18.9. The Kier molecular flexibility index (Phi) is 7.91. The van der Waals surface area contributed by atoms with Gasteiger partial charge in [0.2, 0.25) is 5.91 Å². The Hall–Kier alpha value is -2.08. The summed E-state index contributed by atoms with van der Waals surface area (Å²) >= 11 is 0. The fourth-order valence-corrected chi connectivity index (χ4v) is 3.37. The third kappa shape index (κ3) is 6.67. The molecule has 1 aliphatic heterocycles. The van der Waals surface area contributed by atoms with Gasteiger partial charge in [0.25, 0.3) is 0 Å². The Balaban J connectivity index is 1.70. The van der Waals surface area contributed by atoms with Gasteiger partial charge in [0, 0.05) is 13.0 Å². The lowest BCUT2D eigenvalue weighted by atomic mass is 9.92. The predicted molar refractivity (Wildman–Crippen MR) is 100 cm³/mol. The van der Waals surface area contributed by atoms with Gasteiger partial charge >= 0.3 is 5.97 Å². The Morgan fingerprint density at radius 2 is 2.23 bits per heavy atom. The van der Waals surface area contributed by atoms with Crippen molar-refractivity contribution in [2.45, 2.75) is 45.6 Å². The second-order valence-corrected chi connectivity index (χ2v) is 7.07. The van der Waals surface area contributed by atoms with Crippen molar-refractivity contribution in [1.29, 1.82) is 0 Å². The van der Waals surface area contributed by atoms with Crippen LogP contribution in [0.2, 0.25) is 0 Å². The van der Waals surface area contributed by atoms with E-state index in [0.717, 1.165) is 37.2 Å². The zero-order chi connectivity index (χ0) is 18.9. The second kappa shape index (κ2) is 10.2. The van der Waals surface area contributed by atoms with Gasteiger partial charge in [0.1, 0.15) is 12.4 Å². The first-order chi connectivity index (χ1) is 12.5. The Morgan fingerprint density at radius 3 is 2.96 bits per heavy atom. The maximum atomic E-state index is 12.4. The number of ether oxygens (including phenoxy) is 1. The molecule has 0 aromatic heterocycles. The summed E-state index contributed by atoms with van der Waals surface area (Å²) in [6.07, 6.45) is 2.95. The molecule has 2 unspecified atom stereocenters. The minimum Gasteiger partial charge on any atom is -0.492 e. The van der Waals surface area contributed by atoms with Crippen molar-refractivity contribution in [3.63, 3.8) is 0 Å². The summed E-state index contributed by atoms with van der Waals surface area (Å²) in [6.45, 7) is 6.51. The molecule has 1 fully saturated rings. The molecule has 0 radical (unpaired) electrons. The van der Waals surface area contributed by atoms with Gasteiger partial charge in [0.15, 0.2) is 0 Å². The summed E-state index contributed by atoms with van der Waals surface area (Å²) in [5, 5.41) is 11.8. The van der Waals surface area contributed by atoms with E-state index >= 15 is 0 Å². The average molecular weight is 362 g/mol. The molecule has 144 valence electrons. The molecule has 1 aromatic carbocycles. The first-order valence-corrected chi connectivity index (χ1v) is 9.38. The number of carbonyl (C=O) groups excluding carboxylic acids is 1. The van der Waals surface area contributed by atoms with Crippen molar-refractivity contribution in [2.24, 2.45) is 5.92 Å². The van der Waals surface area contributed by atoms with E-state index in [2.05, 4.69) is 10.2 Å². The summed E-state index contributed by atoms with van der Waals surface area (Å²) in [5.74, 6) is 0.419. The van der Waals surface area contributed by atoms with Crippen LogP contribution in [0.1, 0.15) is 38.2 Å². The van der Waals surface area contributed by atoms with Gasteiger partial charge in [-0.2, -0.15) is 0 Å². The molecule has 0 spiro atoms. The zero-order valence-corrected chi connectivity index (χ0v) is 15.7. The summed E-state index contributed by atoms with van der Waals surface area (Å²) in [5.41, 5.74) is 1.14. The number of carboxylic acid groups (broad SMARTS) is 1. The molecule has 2 atom stereocenters. The Labute approximate surface area is 155 Å². The van der Waals surface area contributed by atoms with E-state index in [0.29, 0.717) is 25.5 Å². The molecule has 1 saturated heterocycles. The van der Waals surface area contributed by atoms with Gasteiger partial charge < -0.3 is 15.2 Å². The smallest absolute Gasteiger partial charge is 0.303 e. The van der Waals surface area contributed by atoms with Crippen molar-refractivity contribution in [3.05, 3.63) is 29.8 Å². The van der Waals surface area contributed by atoms with E-state index in [1.54, 1.807) is 0 Å². The molecule has 26 heavy (non-hydrogen) atoms. The molecule has 0 saturated carbocycles. The fourth-order valence-electron chi connectivity index (χ4n) is 3.37. The lowest BCUT2D eigenvalue weighted by Crippen LogP contribution is -2.49. The van der Waals surface area contributed by atoms with Crippen LogP contribution in [0.4, 0.5) is 0 Å². The SMILES string of the molecule is Cc1cccc(OCCNC(=O)C(C)N2CCCC(CCC(=O)O)C2)c1. The number of likely N-dealkylation sites (tertiary alicyclic amines) is 1. The minimum atomic E-state index is -0.749. The highest BCUT2D eigenvalue weighted by Gasteiger charge is 2.27. The number of carbonyl (C=O) groups is 2. The molecule has 6 nitrogen and oxygen atoms in total. The summed E-state index contributed by atoms with van der Waals surface area (Å²) in [6, 6.07) is 7.63. The number of nitrogens with one attached hydrogen (secondary N) is 1. The van der Waals surface area contributed by atoms with Crippen LogP contribution in [0.15, 0.2) is 24.3 Å². The molecule has 2 N–H and O–H groups in total. The van der Waals surface area contributed by atoms with Crippen molar-refractivity contribution in [3.8, 4) is 5.75 Å². The van der Waals surface area contributed by atoms with Crippen LogP contribution in [0.3, 0.4) is 0 Å². The van der Waals surface area contributed by atoms with Gasteiger partial charge in [-0.25, -0.2) is 0 Å². The highest BCUT2D eigenvalue weighted by molar-refractivity contribution is 5.81. The van der Waals surface area contributed by atoms with E-state index in [1.165, 1.54) is 0 Å². The maximum Gasteiger partial charge on any atom is 0.303 e. The van der Waals surface area contributed by atoms with Crippen molar-refractivity contribution in [2.75, 3.05) is 26.2 Å². The summed E-state index contributed by atoms with van der Waals surface area (Å²) in [7, 11) is 0. The monoisotopic (exact) mass is 362 g/mol. The van der Waals surface area contributed by atoms with Crippen LogP contribution < -0.4 is 10.1 Å². The van der Waals surface area contributed by atoms with Gasteiger partial charge in [-0.15, -0.1) is 0 Å². The number of hydrogen-bond donors (Lipinski definition) is 2. The predicted octanol–water partition coefficient (Wildman–Crippen LogP) is 2.46. The van der Waals surface area contributed by atoms with Crippen molar-refractivity contribution in [1.82, 2.24) is 10.2 Å². The third-order valence-electron chi connectivity index (χ3n) is 4.90. The van der Waals surface area contributed by atoms with Crippen LogP contribution in [-0.2, 0) is 9.59 Å². The van der Waals surface area contributed by atoms with Crippen LogP contribution in [0, 0.1) is 12.8 Å². The van der Waals surface area contributed by atoms with Crippen LogP contribution in [-0.4, -0.2) is 54.2 Å². The van der Waals surface area contributed by atoms with E-state index in [4.69, 9.17) is 9.84 Å². The number of carboxylic acids is 1. The van der Waals surface area contributed by atoms with Crippen LogP contribution >= 0.6 is 0 Å². The van der Waals surface area contributed by atoms with Gasteiger partial charge in [-0.1, -0.05) is 12.1 Å². The molecular weight excluding hydrogens is 332 g/mol. The number of piperidine rings is 1. The number of aliphatic carboxylic acids is 1. The van der Waals surface area contributed by atoms with Gasteiger partial charge in [-0.3, -0.25) is 14.5 Å². The Morgan fingerprint density at radius 1 is 1.42 bits per heavy atom. The molecule has 1 aliphatic rings. The Bertz CT molecular complexity index is 605. The maximum absolute atomic E-state index is 12.4. The van der Waals surface area contributed by atoms with Gasteiger partial charge in [-0.05, 0) is 63.3 Å². The molecule has 0 aliphatic carbocycles.